The van der Waals surface area contributed by atoms with E-state index >= 15 is 0 Å². The molecule has 2 rings (SSSR count). The van der Waals surface area contributed by atoms with Crippen LogP contribution in [-0.4, -0.2) is 47.4 Å². The maximum atomic E-state index is 13.3. The number of alkyl halides is 1. The van der Waals surface area contributed by atoms with Gasteiger partial charge in [-0.15, -0.1) is 11.6 Å². The summed E-state index contributed by atoms with van der Waals surface area (Å²) >= 11 is 5.68. The average molecular weight is 303 g/mol. The quantitative estimate of drug-likeness (QED) is 0.485. The van der Waals surface area contributed by atoms with Crippen LogP contribution in [-0.2, 0) is 4.74 Å². The minimum Gasteiger partial charge on any atom is -0.373 e. The van der Waals surface area contributed by atoms with Gasteiger partial charge in [-0.2, -0.15) is 0 Å². The Bertz CT molecular complexity index is 540. The van der Waals surface area contributed by atoms with Crippen LogP contribution in [0.2, 0.25) is 0 Å². The van der Waals surface area contributed by atoms with Crippen molar-refractivity contribution in [2.75, 3.05) is 25.6 Å². The van der Waals surface area contributed by atoms with E-state index in [1.54, 1.807) is 0 Å². The third-order valence-corrected chi connectivity index (χ3v) is 3.28. The second-order valence-corrected chi connectivity index (χ2v) is 4.66. The summed E-state index contributed by atoms with van der Waals surface area (Å²) in [4.78, 5) is 23.6. The normalized spacial score (nSPS) is 18.9. The number of nitro benzene ring substituents is 1. The molecule has 1 aromatic rings. The highest BCUT2D eigenvalue weighted by molar-refractivity contribution is 6.18. The zero-order chi connectivity index (χ0) is 14.7. The number of nitro groups is 1. The molecule has 1 aliphatic heterocycles. The van der Waals surface area contributed by atoms with Gasteiger partial charge in [0.25, 0.3) is 11.6 Å². The lowest BCUT2D eigenvalue weighted by Gasteiger charge is -2.32. The van der Waals surface area contributed by atoms with Crippen molar-refractivity contribution in [3.63, 3.8) is 0 Å². The molecule has 0 radical (unpaired) electrons. The average Bonchev–Trinajstić information content (AvgIpc) is 2.45. The first kappa shape index (κ1) is 14.7. The third-order valence-electron chi connectivity index (χ3n) is 2.94. The van der Waals surface area contributed by atoms with Crippen molar-refractivity contribution in [3.05, 3.63) is 39.7 Å². The van der Waals surface area contributed by atoms with Crippen LogP contribution < -0.4 is 0 Å². The second-order valence-electron chi connectivity index (χ2n) is 4.35. The summed E-state index contributed by atoms with van der Waals surface area (Å²) in [6.45, 7) is 0.962. The van der Waals surface area contributed by atoms with Crippen molar-refractivity contribution >= 4 is 23.2 Å². The largest absolute Gasteiger partial charge is 0.373 e. The smallest absolute Gasteiger partial charge is 0.273 e. The first-order valence-electron chi connectivity index (χ1n) is 5.93. The van der Waals surface area contributed by atoms with Gasteiger partial charge in [-0.3, -0.25) is 14.9 Å². The molecular formula is C12H12ClFN2O4. The van der Waals surface area contributed by atoms with Gasteiger partial charge in [0.1, 0.15) is 5.82 Å². The molecular weight excluding hydrogens is 291 g/mol. The molecule has 0 aromatic heterocycles. The van der Waals surface area contributed by atoms with E-state index in [-0.39, 0.29) is 24.1 Å². The highest BCUT2D eigenvalue weighted by atomic mass is 35.5. The third kappa shape index (κ3) is 3.23. The van der Waals surface area contributed by atoms with E-state index in [0.717, 1.165) is 18.2 Å². The molecule has 1 fully saturated rings. The molecule has 8 heteroatoms. The minimum atomic E-state index is -0.815. The number of halogens is 2. The maximum Gasteiger partial charge on any atom is 0.273 e. The zero-order valence-corrected chi connectivity index (χ0v) is 11.2. The van der Waals surface area contributed by atoms with Crippen molar-refractivity contribution in [1.29, 1.82) is 0 Å². The number of amides is 1. The molecule has 1 saturated heterocycles. The SMILES string of the molecule is O=C(c1cc(F)cc([N+](=O)[O-])c1)N1CCOC(CCl)C1. The molecule has 0 saturated carbocycles. The van der Waals surface area contributed by atoms with E-state index in [1.807, 2.05) is 0 Å². The highest BCUT2D eigenvalue weighted by Crippen LogP contribution is 2.19. The Morgan fingerprint density at radius 1 is 1.55 bits per heavy atom. The van der Waals surface area contributed by atoms with E-state index in [4.69, 9.17) is 16.3 Å². The van der Waals surface area contributed by atoms with Crippen LogP contribution in [0, 0.1) is 15.9 Å². The number of rotatable bonds is 3. The van der Waals surface area contributed by atoms with E-state index in [0.29, 0.717) is 13.2 Å². The van der Waals surface area contributed by atoms with Crippen molar-refractivity contribution in [2.24, 2.45) is 0 Å². The fourth-order valence-corrected chi connectivity index (χ4v) is 2.17. The number of benzene rings is 1. The lowest BCUT2D eigenvalue weighted by atomic mass is 10.1. The molecule has 1 heterocycles. The highest BCUT2D eigenvalue weighted by Gasteiger charge is 2.26. The number of carbonyl (C=O) groups is 1. The van der Waals surface area contributed by atoms with E-state index in [2.05, 4.69) is 0 Å². The summed E-state index contributed by atoms with van der Waals surface area (Å²) in [6, 6.07) is 2.83. The number of carbonyl (C=O) groups excluding carboxylic acids is 1. The summed E-state index contributed by atoms with van der Waals surface area (Å²) in [6.07, 6.45) is -0.280. The molecule has 1 aromatic carbocycles. The number of hydrogen-bond acceptors (Lipinski definition) is 4. The Kier molecular flexibility index (Phi) is 4.51. The van der Waals surface area contributed by atoms with Gasteiger partial charge >= 0.3 is 0 Å². The Labute approximate surface area is 119 Å². The first-order chi connectivity index (χ1) is 9.51. The fourth-order valence-electron chi connectivity index (χ4n) is 1.98. The van der Waals surface area contributed by atoms with Gasteiger partial charge in [-0.25, -0.2) is 4.39 Å². The summed E-state index contributed by atoms with van der Waals surface area (Å²) in [5.41, 5.74) is -0.498. The zero-order valence-electron chi connectivity index (χ0n) is 10.4. The Hall–Kier alpha value is -1.73. The van der Waals surface area contributed by atoms with Gasteiger partial charge in [-0.1, -0.05) is 0 Å². The van der Waals surface area contributed by atoms with Gasteiger partial charge in [0.15, 0.2) is 0 Å². The lowest BCUT2D eigenvalue weighted by Crippen LogP contribution is -2.46. The molecule has 108 valence electrons. The number of hydrogen-bond donors (Lipinski definition) is 0. The monoisotopic (exact) mass is 302 g/mol. The second kappa shape index (κ2) is 6.15. The molecule has 1 amide bonds. The first-order valence-corrected chi connectivity index (χ1v) is 6.46. The van der Waals surface area contributed by atoms with Gasteiger partial charge in [-0.05, 0) is 6.07 Å². The van der Waals surface area contributed by atoms with E-state index in [9.17, 15) is 19.3 Å². The predicted molar refractivity (Wildman–Crippen MR) is 69.4 cm³/mol. The predicted octanol–water partition coefficient (Wildman–Crippen LogP) is 1.81. The number of ether oxygens (including phenoxy) is 1. The van der Waals surface area contributed by atoms with Gasteiger partial charge in [0.05, 0.1) is 29.6 Å². The summed E-state index contributed by atoms with van der Waals surface area (Å²) in [5, 5.41) is 10.7. The molecule has 1 aliphatic rings. The Morgan fingerprint density at radius 2 is 2.30 bits per heavy atom. The Balaban J connectivity index is 2.22. The van der Waals surface area contributed by atoms with Crippen molar-refractivity contribution in [3.8, 4) is 0 Å². The molecule has 0 bridgehead atoms. The minimum absolute atomic E-state index is 0.0491. The van der Waals surface area contributed by atoms with Crippen LogP contribution in [0.3, 0.4) is 0 Å². The van der Waals surface area contributed by atoms with Gasteiger partial charge in [0.2, 0.25) is 0 Å². The van der Waals surface area contributed by atoms with Crippen LogP contribution >= 0.6 is 11.6 Å². The molecule has 0 aliphatic carbocycles. The van der Waals surface area contributed by atoms with Gasteiger partial charge in [0, 0.05) is 24.7 Å². The molecule has 1 unspecified atom stereocenters. The summed E-state index contributed by atoms with van der Waals surface area (Å²) < 4.78 is 18.7. The van der Waals surface area contributed by atoms with Crippen LogP contribution in [0.1, 0.15) is 10.4 Å². The number of non-ortho nitro benzene ring substituents is 1. The van der Waals surface area contributed by atoms with Crippen molar-refractivity contribution < 1.29 is 18.8 Å². The van der Waals surface area contributed by atoms with E-state index in [1.165, 1.54) is 4.90 Å². The molecule has 0 N–H and O–H groups in total. The van der Waals surface area contributed by atoms with Crippen LogP contribution in [0.25, 0.3) is 0 Å². The van der Waals surface area contributed by atoms with E-state index < -0.39 is 22.3 Å². The fraction of sp³-hybridized carbons (Fsp3) is 0.417. The number of nitrogens with zero attached hydrogens (tertiary/aromatic N) is 2. The molecule has 0 spiro atoms. The van der Waals surface area contributed by atoms with Crippen molar-refractivity contribution in [2.45, 2.75) is 6.10 Å². The van der Waals surface area contributed by atoms with Gasteiger partial charge < -0.3 is 9.64 Å². The number of morpholine rings is 1. The van der Waals surface area contributed by atoms with Crippen LogP contribution in [0.5, 0.6) is 0 Å². The van der Waals surface area contributed by atoms with Crippen molar-refractivity contribution in [1.82, 2.24) is 4.90 Å². The summed E-state index contributed by atoms with van der Waals surface area (Å²) in [7, 11) is 0. The molecule has 1 atom stereocenters. The summed E-state index contributed by atoms with van der Waals surface area (Å²) in [5.74, 6) is -1.04. The standard InChI is InChI=1S/C12H12ClFN2O4/c13-6-11-7-15(1-2-20-11)12(17)8-3-9(14)5-10(4-8)16(18)19/h3-5,11H,1-2,6-7H2. The molecule has 20 heavy (non-hydrogen) atoms. The van der Waals surface area contributed by atoms with Crippen LogP contribution in [0.4, 0.5) is 10.1 Å². The lowest BCUT2D eigenvalue weighted by molar-refractivity contribution is -0.385. The Morgan fingerprint density at radius 3 is 2.95 bits per heavy atom. The topological polar surface area (TPSA) is 72.7 Å². The van der Waals surface area contributed by atoms with Crippen LogP contribution in [0.15, 0.2) is 18.2 Å². The maximum absolute atomic E-state index is 13.3. The molecule has 6 nitrogen and oxygen atoms in total.